The summed E-state index contributed by atoms with van der Waals surface area (Å²) in [5.41, 5.74) is -0.399. The van der Waals surface area contributed by atoms with Crippen molar-refractivity contribution in [2.45, 2.75) is 50.5 Å². The third kappa shape index (κ3) is 3.86. The molecule has 0 spiro atoms. The average molecular weight is 375 g/mol. The first-order valence-electron chi connectivity index (χ1n) is 9.77. The largest absolute Gasteiger partial charge is 0.455 e. The van der Waals surface area contributed by atoms with Crippen LogP contribution in [0.25, 0.3) is 0 Å². The summed E-state index contributed by atoms with van der Waals surface area (Å²) in [4.78, 5) is 24.7. The Hall–Kier alpha value is -1.95. The van der Waals surface area contributed by atoms with E-state index in [1.165, 1.54) is 12.1 Å². The molecule has 1 amide bonds. The first-order valence-corrected chi connectivity index (χ1v) is 9.77. The second-order valence-electron chi connectivity index (χ2n) is 8.77. The number of esters is 1. The first kappa shape index (κ1) is 18.4. The Balaban J connectivity index is 1.24. The van der Waals surface area contributed by atoms with Crippen LogP contribution in [0.5, 0.6) is 0 Å². The van der Waals surface area contributed by atoms with E-state index in [2.05, 4.69) is 5.32 Å². The summed E-state index contributed by atoms with van der Waals surface area (Å²) in [7, 11) is 0. The fourth-order valence-electron chi connectivity index (χ4n) is 5.79. The fraction of sp³-hybridized carbons (Fsp3) is 0.619. The Labute approximate surface area is 158 Å². The van der Waals surface area contributed by atoms with Crippen LogP contribution in [0.3, 0.4) is 0 Å². The van der Waals surface area contributed by atoms with Gasteiger partial charge in [0.1, 0.15) is 5.82 Å². The summed E-state index contributed by atoms with van der Waals surface area (Å²) in [6.07, 6.45) is 5.29. The predicted molar refractivity (Wildman–Crippen MR) is 96.1 cm³/mol. The van der Waals surface area contributed by atoms with Crippen LogP contribution in [0.4, 0.5) is 4.39 Å². The molecular formula is C21H26FNO4. The predicted octanol–water partition coefficient (Wildman–Crippen LogP) is 2.36. The number of halogens is 1. The Morgan fingerprint density at radius 3 is 2.44 bits per heavy atom. The second-order valence-corrected chi connectivity index (χ2v) is 8.77. The summed E-state index contributed by atoms with van der Waals surface area (Å²) in [5, 5.41) is 13.4. The Kier molecular flexibility index (Phi) is 4.70. The van der Waals surface area contributed by atoms with Gasteiger partial charge in [0.05, 0.1) is 11.0 Å². The zero-order valence-corrected chi connectivity index (χ0v) is 15.4. The highest BCUT2D eigenvalue weighted by Gasteiger charge is 2.60. The van der Waals surface area contributed by atoms with Crippen LogP contribution in [0.1, 0.15) is 44.1 Å². The summed E-state index contributed by atoms with van der Waals surface area (Å²) >= 11 is 0. The normalized spacial score (nSPS) is 33.7. The maximum absolute atomic E-state index is 12.9. The van der Waals surface area contributed by atoms with E-state index < -0.39 is 11.0 Å². The topological polar surface area (TPSA) is 75.6 Å². The number of hydrogen-bond acceptors (Lipinski definition) is 4. The third-order valence-electron chi connectivity index (χ3n) is 6.45. The van der Waals surface area contributed by atoms with E-state index in [0.29, 0.717) is 31.2 Å². The summed E-state index contributed by atoms with van der Waals surface area (Å²) in [6.45, 7) is 0.106. The molecule has 1 aromatic carbocycles. The molecule has 1 aromatic rings. The lowest BCUT2D eigenvalue weighted by molar-refractivity contribution is -0.196. The molecule has 0 heterocycles. The zero-order valence-electron chi connectivity index (χ0n) is 15.4. The molecule has 2 N–H and O–H groups in total. The minimum Gasteiger partial charge on any atom is -0.455 e. The molecular weight excluding hydrogens is 349 g/mol. The van der Waals surface area contributed by atoms with Crippen molar-refractivity contribution in [3.63, 3.8) is 0 Å². The Morgan fingerprint density at radius 1 is 1.15 bits per heavy atom. The van der Waals surface area contributed by atoms with Crippen molar-refractivity contribution in [3.8, 4) is 0 Å². The first-order chi connectivity index (χ1) is 12.9. The molecule has 0 aliphatic heterocycles. The molecule has 5 rings (SSSR count). The van der Waals surface area contributed by atoms with Crippen molar-refractivity contribution in [3.05, 3.63) is 35.6 Å². The lowest BCUT2D eigenvalue weighted by Crippen LogP contribution is -2.58. The maximum Gasteiger partial charge on any atom is 0.312 e. The lowest BCUT2D eigenvalue weighted by Gasteiger charge is -2.58. The van der Waals surface area contributed by atoms with E-state index in [0.717, 1.165) is 37.7 Å². The number of carbonyl (C=O) groups excluding carboxylic acids is 2. The number of nitrogens with one attached hydrogen (secondary N) is 1. The van der Waals surface area contributed by atoms with Gasteiger partial charge in [0.15, 0.2) is 6.61 Å². The van der Waals surface area contributed by atoms with Crippen LogP contribution in [-0.2, 0) is 20.7 Å². The molecule has 5 nitrogen and oxygen atoms in total. The highest BCUT2D eigenvalue weighted by atomic mass is 19.1. The standard InChI is InChI=1S/C21H26FNO4/c22-17-3-1-14(2-4-17)5-6-23-18(24)12-27-19(25)20-8-15-7-16(9-20)11-21(26,10-15)13-20/h1-4,15-16,26H,5-13H2,(H,23,24). The molecule has 27 heavy (non-hydrogen) atoms. The number of hydrogen-bond donors (Lipinski definition) is 2. The molecule has 4 saturated carbocycles. The number of benzene rings is 1. The lowest BCUT2D eigenvalue weighted by atomic mass is 9.48. The van der Waals surface area contributed by atoms with Gasteiger partial charge in [0.2, 0.25) is 0 Å². The smallest absolute Gasteiger partial charge is 0.312 e. The molecule has 2 unspecified atom stereocenters. The molecule has 0 radical (unpaired) electrons. The van der Waals surface area contributed by atoms with Gasteiger partial charge in [-0.1, -0.05) is 12.1 Å². The SMILES string of the molecule is O=C(COC(=O)C12CC3CC(CC(O)(C3)C1)C2)NCCc1ccc(F)cc1. The zero-order chi connectivity index (χ0) is 19.1. The quantitative estimate of drug-likeness (QED) is 0.749. The van der Waals surface area contributed by atoms with Crippen LogP contribution < -0.4 is 5.32 Å². The molecule has 0 saturated heterocycles. The number of carbonyl (C=O) groups is 2. The van der Waals surface area contributed by atoms with Crippen molar-refractivity contribution in [1.29, 1.82) is 0 Å². The van der Waals surface area contributed by atoms with Crippen LogP contribution >= 0.6 is 0 Å². The molecule has 4 bridgehead atoms. The van der Waals surface area contributed by atoms with Crippen LogP contribution in [-0.4, -0.2) is 35.7 Å². The van der Waals surface area contributed by atoms with Crippen molar-refractivity contribution in [1.82, 2.24) is 5.32 Å². The van der Waals surface area contributed by atoms with Gasteiger partial charge < -0.3 is 15.2 Å². The van der Waals surface area contributed by atoms with Crippen LogP contribution in [0, 0.1) is 23.1 Å². The molecule has 0 aromatic heterocycles. The molecule has 2 atom stereocenters. The van der Waals surface area contributed by atoms with Gasteiger partial charge in [0, 0.05) is 6.54 Å². The van der Waals surface area contributed by atoms with Crippen LogP contribution in [0.2, 0.25) is 0 Å². The molecule has 146 valence electrons. The third-order valence-corrected chi connectivity index (χ3v) is 6.45. The van der Waals surface area contributed by atoms with Crippen molar-refractivity contribution < 1.29 is 23.8 Å². The highest BCUT2D eigenvalue weighted by molar-refractivity contribution is 5.83. The summed E-state index contributed by atoms with van der Waals surface area (Å²) in [6, 6.07) is 6.13. The number of ether oxygens (including phenoxy) is 1. The van der Waals surface area contributed by atoms with Gasteiger partial charge >= 0.3 is 5.97 Å². The van der Waals surface area contributed by atoms with E-state index in [9.17, 15) is 19.1 Å². The van der Waals surface area contributed by atoms with E-state index in [1.807, 2.05) is 0 Å². The van der Waals surface area contributed by atoms with E-state index in [4.69, 9.17) is 4.74 Å². The summed E-state index contributed by atoms with van der Waals surface area (Å²) < 4.78 is 18.2. The van der Waals surface area contributed by atoms with Gasteiger partial charge in [0.25, 0.3) is 5.91 Å². The molecule has 4 aliphatic carbocycles. The van der Waals surface area contributed by atoms with Gasteiger partial charge in [-0.05, 0) is 74.5 Å². The second kappa shape index (κ2) is 6.89. The fourth-order valence-corrected chi connectivity index (χ4v) is 5.79. The van der Waals surface area contributed by atoms with E-state index >= 15 is 0 Å². The summed E-state index contributed by atoms with van der Waals surface area (Å²) in [5.74, 6) is -0.164. The van der Waals surface area contributed by atoms with Crippen molar-refractivity contribution in [2.24, 2.45) is 17.3 Å². The van der Waals surface area contributed by atoms with Crippen molar-refractivity contribution >= 4 is 11.9 Å². The Morgan fingerprint density at radius 2 is 1.81 bits per heavy atom. The molecule has 4 aliphatic rings. The van der Waals surface area contributed by atoms with Gasteiger partial charge in [-0.15, -0.1) is 0 Å². The monoisotopic (exact) mass is 375 g/mol. The minimum atomic E-state index is -0.722. The highest BCUT2D eigenvalue weighted by Crippen LogP contribution is 2.61. The van der Waals surface area contributed by atoms with E-state index in [1.54, 1.807) is 12.1 Å². The Bertz CT molecular complexity index is 718. The molecule has 6 heteroatoms. The van der Waals surface area contributed by atoms with Gasteiger partial charge in [-0.25, -0.2) is 4.39 Å². The van der Waals surface area contributed by atoms with Gasteiger partial charge in [-0.3, -0.25) is 9.59 Å². The van der Waals surface area contributed by atoms with Gasteiger partial charge in [-0.2, -0.15) is 0 Å². The number of aliphatic hydroxyl groups is 1. The number of rotatable bonds is 6. The minimum absolute atomic E-state index is 0.288. The van der Waals surface area contributed by atoms with Crippen molar-refractivity contribution in [2.75, 3.05) is 13.2 Å². The maximum atomic E-state index is 12.9. The average Bonchev–Trinajstić information content (AvgIpc) is 2.59. The number of amides is 1. The van der Waals surface area contributed by atoms with Crippen LogP contribution in [0.15, 0.2) is 24.3 Å². The molecule has 4 fully saturated rings. The van der Waals surface area contributed by atoms with E-state index in [-0.39, 0.29) is 24.3 Å².